The summed E-state index contributed by atoms with van der Waals surface area (Å²) >= 11 is 1.48. The highest BCUT2D eigenvalue weighted by Crippen LogP contribution is 2.34. The molecule has 5 rings (SSSR count). The molecule has 1 N–H and O–H groups in total. The van der Waals surface area contributed by atoms with E-state index in [-0.39, 0.29) is 22.8 Å². The van der Waals surface area contributed by atoms with E-state index in [0.29, 0.717) is 15.9 Å². The highest BCUT2D eigenvalue weighted by atomic mass is 32.1. The fourth-order valence-electron chi connectivity index (χ4n) is 4.17. The monoisotopic (exact) mass is 445 g/mol. The van der Waals surface area contributed by atoms with Crippen molar-refractivity contribution in [2.75, 3.05) is 7.11 Å². The van der Waals surface area contributed by atoms with Gasteiger partial charge in [0.05, 0.1) is 30.4 Å². The molecule has 0 aliphatic heterocycles. The summed E-state index contributed by atoms with van der Waals surface area (Å²) < 4.78 is 6.95. The highest BCUT2D eigenvalue weighted by molar-refractivity contribution is 7.18. The molecule has 32 heavy (non-hydrogen) atoms. The number of carbonyl (C=O) groups is 1. The number of H-pyrrole nitrogens is 1. The van der Waals surface area contributed by atoms with E-state index in [1.807, 2.05) is 36.4 Å². The Balaban J connectivity index is 1.57. The average Bonchev–Trinajstić information content (AvgIpc) is 3.41. The van der Waals surface area contributed by atoms with E-state index >= 15 is 0 Å². The molecule has 9 heteroatoms. The lowest BCUT2D eigenvalue weighted by Gasteiger charge is -2.11. The molecule has 0 radical (unpaired) electrons. The number of Topliss-reactive ketones (excluding diaryl/α,β-unsaturated/α-hetero) is 1. The van der Waals surface area contributed by atoms with Crippen LogP contribution >= 0.6 is 11.3 Å². The summed E-state index contributed by atoms with van der Waals surface area (Å²) in [5, 5.41) is 14.7. The molecule has 4 aromatic rings. The minimum Gasteiger partial charge on any atom is -0.480 e. The molecule has 0 saturated carbocycles. The van der Waals surface area contributed by atoms with Gasteiger partial charge in [-0.25, -0.2) is 9.67 Å². The third-order valence-electron chi connectivity index (χ3n) is 5.69. The van der Waals surface area contributed by atoms with Crippen molar-refractivity contribution in [1.82, 2.24) is 19.7 Å². The molecule has 8 nitrogen and oxygen atoms in total. The number of ketones is 1. The van der Waals surface area contributed by atoms with Gasteiger partial charge in [-0.05, 0) is 43.4 Å². The number of ether oxygens (including phenoxy) is 1. The van der Waals surface area contributed by atoms with E-state index in [1.54, 1.807) is 0 Å². The number of aryl methyl sites for hydroxylation is 2. The van der Waals surface area contributed by atoms with Crippen molar-refractivity contribution in [1.29, 1.82) is 5.26 Å². The quantitative estimate of drug-likeness (QED) is 0.470. The van der Waals surface area contributed by atoms with Gasteiger partial charge in [-0.1, -0.05) is 18.2 Å². The van der Waals surface area contributed by atoms with Crippen molar-refractivity contribution in [2.24, 2.45) is 0 Å². The molecular formula is C23H19N5O3S. The van der Waals surface area contributed by atoms with Crippen LogP contribution in [-0.2, 0) is 12.8 Å². The second-order valence-electron chi connectivity index (χ2n) is 7.58. The molecular weight excluding hydrogens is 426 g/mol. The third-order valence-corrected chi connectivity index (χ3v) is 6.88. The highest BCUT2D eigenvalue weighted by Gasteiger charge is 2.31. The fraction of sp³-hybridized carbons (Fsp3) is 0.261. The Morgan fingerprint density at radius 2 is 2.06 bits per heavy atom. The van der Waals surface area contributed by atoms with Gasteiger partial charge in [0.1, 0.15) is 16.2 Å². The van der Waals surface area contributed by atoms with Gasteiger partial charge in [-0.2, -0.15) is 10.4 Å². The van der Waals surface area contributed by atoms with Crippen molar-refractivity contribution < 1.29 is 9.53 Å². The summed E-state index contributed by atoms with van der Waals surface area (Å²) in [5.41, 5.74) is 1.62. The summed E-state index contributed by atoms with van der Waals surface area (Å²) in [7, 11) is 1.44. The summed E-state index contributed by atoms with van der Waals surface area (Å²) in [6.07, 6.45) is 5.30. The van der Waals surface area contributed by atoms with Gasteiger partial charge in [-0.15, -0.1) is 11.3 Å². The van der Waals surface area contributed by atoms with Crippen molar-refractivity contribution in [3.8, 4) is 17.6 Å². The Labute approximate surface area is 187 Å². The molecule has 0 spiro atoms. The summed E-state index contributed by atoms with van der Waals surface area (Å²) in [4.78, 5) is 35.2. The Morgan fingerprint density at radius 1 is 1.28 bits per heavy atom. The first-order valence-corrected chi connectivity index (χ1v) is 11.1. The fourth-order valence-corrected chi connectivity index (χ4v) is 5.44. The van der Waals surface area contributed by atoms with Crippen LogP contribution in [0.25, 0.3) is 15.9 Å². The predicted octanol–water partition coefficient (Wildman–Crippen LogP) is 3.55. The molecule has 3 aromatic heterocycles. The number of carbonyl (C=O) groups excluding carboxylic acids is 1. The standard InChI is InChI=1S/C23H19N5O3S/c1-31-23-16(12-25-28(23)13-7-3-2-4-8-13)19(29)15(11-24)20-26-21(30)18-14-9-5-6-10-17(14)32-22(18)27-20/h2-4,7-8,12,15H,5-6,9-10H2,1H3,(H,26,27,30). The van der Waals surface area contributed by atoms with E-state index in [0.717, 1.165) is 31.2 Å². The van der Waals surface area contributed by atoms with Crippen LogP contribution < -0.4 is 10.3 Å². The molecule has 1 aliphatic rings. The number of para-hydroxylation sites is 1. The van der Waals surface area contributed by atoms with Gasteiger partial charge in [0.25, 0.3) is 5.56 Å². The average molecular weight is 446 g/mol. The lowest BCUT2D eigenvalue weighted by Crippen LogP contribution is -2.20. The number of rotatable bonds is 5. The van der Waals surface area contributed by atoms with E-state index < -0.39 is 11.7 Å². The predicted molar refractivity (Wildman–Crippen MR) is 120 cm³/mol. The molecule has 0 saturated heterocycles. The molecule has 160 valence electrons. The topological polar surface area (TPSA) is 114 Å². The second kappa shape index (κ2) is 8.05. The van der Waals surface area contributed by atoms with E-state index in [9.17, 15) is 14.9 Å². The normalized spacial score (nSPS) is 14.0. The number of aromatic nitrogens is 4. The number of thiophene rings is 1. The zero-order valence-electron chi connectivity index (χ0n) is 17.3. The maximum absolute atomic E-state index is 13.3. The molecule has 3 heterocycles. The van der Waals surface area contributed by atoms with Crippen LogP contribution in [0.1, 0.15) is 45.4 Å². The summed E-state index contributed by atoms with van der Waals surface area (Å²) in [5.74, 6) is -1.55. The largest absolute Gasteiger partial charge is 0.480 e. The third kappa shape index (κ3) is 3.20. The van der Waals surface area contributed by atoms with Gasteiger partial charge >= 0.3 is 0 Å². The summed E-state index contributed by atoms with van der Waals surface area (Å²) in [6.45, 7) is 0. The first-order chi connectivity index (χ1) is 15.6. The Bertz CT molecular complexity index is 1430. The zero-order chi connectivity index (χ0) is 22.2. The molecule has 0 amide bonds. The minimum absolute atomic E-state index is 0.0445. The minimum atomic E-state index is -1.28. The van der Waals surface area contributed by atoms with Crippen molar-refractivity contribution in [3.05, 3.63) is 68.7 Å². The Hall–Kier alpha value is -3.77. The first-order valence-electron chi connectivity index (χ1n) is 10.3. The number of nitriles is 1. The maximum atomic E-state index is 13.3. The van der Waals surface area contributed by atoms with Gasteiger partial charge in [0.2, 0.25) is 5.88 Å². The van der Waals surface area contributed by atoms with Crippen LogP contribution in [0.2, 0.25) is 0 Å². The maximum Gasteiger partial charge on any atom is 0.259 e. The van der Waals surface area contributed by atoms with Gasteiger partial charge in [-0.3, -0.25) is 9.59 Å². The van der Waals surface area contributed by atoms with Crippen LogP contribution in [0.5, 0.6) is 5.88 Å². The van der Waals surface area contributed by atoms with Crippen LogP contribution in [0.4, 0.5) is 0 Å². The number of benzene rings is 1. The lowest BCUT2D eigenvalue weighted by atomic mass is 9.97. The molecule has 1 aromatic carbocycles. The second-order valence-corrected chi connectivity index (χ2v) is 8.67. The molecule has 1 unspecified atom stereocenters. The number of hydrogen-bond donors (Lipinski definition) is 1. The number of hydrogen-bond acceptors (Lipinski definition) is 7. The van der Waals surface area contributed by atoms with E-state index in [2.05, 4.69) is 15.1 Å². The lowest BCUT2D eigenvalue weighted by molar-refractivity contribution is 0.0973. The van der Waals surface area contributed by atoms with Crippen molar-refractivity contribution in [2.45, 2.75) is 31.6 Å². The SMILES string of the molecule is COc1c(C(=O)C(C#N)c2nc3sc4c(c3c(=O)[nH]2)CCCC4)cnn1-c1ccccc1. The van der Waals surface area contributed by atoms with Gasteiger partial charge < -0.3 is 9.72 Å². The molecule has 0 bridgehead atoms. The van der Waals surface area contributed by atoms with Crippen molar-refractivity contribution in [3.63, 3.8) is 0 Å². The van der Waals surface area contributed by atoms with Crippen LogP contribution in [-0.4, -0.2) is 32.6 Å². The number of fused-ring (bicyclic) bond motifs is 3. The molecule has 1 atom stereocenters. The summed E-state index contributed by atoms with van der Waals surface area (Å²) in [6, 6.07) is 11.2. The number of nitrogens with zero attached hydrogens (tertiary/aromatic N) is 4. The van der Waals surface area contributed by atoms with Crippen LogP contribution in [0, 0.1) is 11.3 Å². The van der Waals surface area contributed by atoms with Gasteiger partial charge in [0, 0.05) is 4.88 Å². The zero-order valence-corrected chi connectivity index (χ0v) is 18.1. The Kier molecular flexibility index (Phi) is 5.07. The smallest absolute Gasteiger partial charge is 0.259 e. The molecule has 1 aliphatic carbocycles. The number of aromatic amines is 1. The molecule has 0 fully saturated rings. The van der Waals surface area contributed by atoms with Gasteiger partial charge in [0.15, 0.2) is 11.7 Å². The van der Waals surface area contributed by atoms with Crippen LogP contribution in [0.15, 0.2) is 41.3 Å². The number of nitrogens with one attached hydrogen (secondary N) is 1. The Morgan fingerprint density at radius 3 is 2.81 bits per heavy atom. The van der Waals surface area contributed by atoms with Crippen molar-refractivity contribution >= 4 is 27.3 Å². The number of methoxy groups -OCH3 is 1. The van der Waals surface area contributed by atoms with Crippen LogP contribution in [0.3, 0.4) is 0 Å². The van der Waals surface area contributed by atoms with E-state index in [1.165, 1.54) is 34.2 Å². The van der Waals surface area contributed by atoms with E-state index in [4.69, 9.17) is 4.74 Å². The first kappa shape index (κ1) is 20.2.